The molecule has 1 fully saturated rings. The molecule has 1 aliphatic heterocycles. The number of nitrogens with one attached hydrogen (secondary N) is 1. The zero-order chi connectivity index (χ0) is 28.2. The topological polar surface area (TPSA) is 122 Å². The van der Waals surface area contributed by atoms with Gasteiger partial charge in [0.25, 0.3) is 5.91 Å². The predicted octanol–water partition coefficient (Wildman–Crippen LogP) is 4.16. The van der Waals surface area contributed by atoms with Gasteiger partial charge in [-0.3, -0.25) is 9.59 Å². The highest BCUT2D eigenvalue weighted by atomic mass is 16.5. The molecule has 10 nitrogen and oxygen atoms in total. The quantitative estimate of drug-likeness (QED) is 0.297. The van der Waals surface area contributed by atoms with E-state index in [1.54, 1.807) is 18.3 Å². The molecule has 10 heteroatoms. The second kappa shape index (κ2) is 11.6. The third-order valence-electron chi connectivity index (χ3n) is 6.95. The lowest BCUT2D eigenvalue weighted by Crippen LogP contribution is -2.36. The van der Waals surface area contributed by atoms with Gasteiger partial charge in [-0.25, -0.2) is 14.5 Å². The van der Waals surface area contributed by atoms with Gasteiger partial charge < -0.3 is 20.1 Å². The standard InChI is InChI=1S/C31H28N6O4/c38-28(39)14-15-32-31(40)23-7-5-22(6-8-23)29-26(12-11-24-10-9-21-3-1-2-4-25(21)34-24)35-30-27(13-16-33-37(29)30)36-17-19-41-20-18-36/h1-13,16H,14-15,17-20H2,(H,32,40)(H,38,39)/b12-11+. The van der Waals surface area contributed by atoms with Crippen molar-refractivity contribution in [3.63, 3.8) is 0 Å². The van der Waals surface area contributed by atoms with Crippen LogP contribution >= 0.6 is 0 Å². The van der Waals surface area contributed by atoms with Crippen LogP contribution in [0.1, 0.15) is 28.2 Å². The van der Waals surface area contributed by atoms with Crippen molar-refractivity contribution in [3.8, 4) is 11.3 Å². The summed E-state index contributed by atoms with van der Waals surface area (Å²) >= 11 is 0. The largest absolute Gasteiger partial charge is 0.481 e. The summed E-state index contributed by atoms with van der Waals surface area (Å²) in [4.78, 5) is 35.3. The highest BCUT2D eigenvalue weighted by Crippen LogP contribution is 2.31. The van der Waals surface area contributed by atoms with Crippen molar-refractivity contribution in [1.82, 2.24) is 24.9 Å². The highest BCUT2D eigenvalue weighted by Gasteiger charge is 2.21. The molecule has 206 valence electrons. The zero-order valence-electron chi connectivity index (χ0n) is 22.2. The van der Waals surface area contributed by atoms with Crippen LogP contribution in [0, 0.1) is 0 Å². The van der Waals surface area contributed by atoms with E-state index in [4.69, 9.17) is 19.8 Å². The van der Waals surface area contributed by atoms with Gasteiger partial charge in [0.15, 0.2) is 5.65 Å². The van der Waals surface area contributed by atoms with Gasteiger partial charge in [0, 0.05) is 36.1 Å². The zero-order valence-corrected chi connectivity index (χ0v) is 22.2. The fourth-order valence-electron chi connectivity index (χ4n) is 4.89. The van der Waals surface area contributed by atoms with Crippen LogP contribution in [0.5, 0.6) is 0 Å². The molecule has 1 aliphatic rings. The van der Waals surface area contributed by atoms with Gasteiger partial charge in [0.05, 0.1) is 48.4 Å². The lowest BCUT2D eigenvalue weighted by molar-refractivity contribution is -0.136. The van der Waals surface area contributed by atoms with Crippen molar-refractivity contribution in [2.45, 2.75) is 6.42 Å². The first-order chi connectivity index (χ1) is 20.1. The number of carbonyl (C=O) groups is 2. The number of pyridine rings is 1. The predicted molar refractivity (Wildman–Crippen MR) is 157 cm³/mol. The first-order valence-corrected chi connectivity index (χ1v) is 13.4. The number of amides is 1. The Bertz CT molecular complexity index is 1760. The Kier molecular flexibility index (Phi) is 7.38. The van der Waals surface area contributed by atoms with Crippen molar-refractivity contribution in [2.75, 3.05) is 37.7 Å². The fourth-order valence-corrected chi connectivity index (χ4v) is 4.89. The number of imidazole rings is 1. The Balaban J connectivity index is 1.39. The van der Waals surface area contributed by atoms with Crippen LogP contribution in [0.3, 0.4) is 0 Å². The molecule has 0 bridgehead atoms. The van der Waals surface area contributed by atoms with Crippen LogP contribution in [0.4, 0.5) is 5.69 Å². The normalized spacial score (nSPS) is 13.7. The number of anilines is 1. The number of carbonyl (C=O) groups excluding carboxylic acids is 1. The summed E-state index contributed by atoms with van der Waals surface area (Å²) in [5, 5.41) is 17.2. The van der Waals surface area contributed by atoms with Crippen molar-refractivity contribution in [2.24, 2.45) is 0 Å². The molecule has 1 saturated heterocycles. The van der Waals surface area contributed by atoms with E-state index in [0.717, 1.165) is 52.3 Å². The number of carboxylic acid groups (broad SMARTS) is 1. The summed E-state index contributed by atoms with van der Waals surface area (Å²) < 4.78 is 7.39. The van der Waals surface area contributed by atoms with E-state index in [1.165, 1.54) is 0 Å². The molecule has 0 radical (unpaired) electrons. The van der Waals surface area contributed by atoms with Gasteiger partial charge in [-0.05, 0) is 42.5 Å². The Morgan fingerprint density at radius 3 is 2.56 bits per heavy atom. The maximum atomic E-state index is 12.5. The summed E-state index contributed by atoms with van der Waals surface area (Å²) in [5.41, 5.74) is 6.19. The second-order valence-electron chi connectivity index (χ2n) is 9.64. The molecule has 2 aromatic carbocycles. The number of hydrogen-bond donors (Lipinski definition) is 2. The molecule has 5 aromatic rings. The van der Waals surface area contributed by atoms with Gasteiger partial charge >= 0.3 is 5.97 Å². The average Bonchev–Trinajstić information content (AvgIpc) is 3.39. The van der Waals surface area contributed by atoms with E-state index in [1.807, 2.05) is 71.3 Å². The van der Waals surface area contributed by atoms with Crippen molar-refractivity contribution in [3.05, 3.63) is 89.9 Å². The molecular weight excluding hydrogens is 520 g/mol. The van der Waals surface area contributed by atoms with Crippen LogP contribution in [0.15, 0.2) is 72.9 Å². The highest BCUT2D eigenvalue weighted by molar-refractivity contribution is 5.95. The number of carboxylic acids is 1. The van der Waals surface area contributed by atoms with E-state index in [2.05, 4.69) is 15.3 Å². The van der Waals surface area contributed by atoms with Gasteiger partial charge in [-0.2, -0.15) is 5.10 Å². The number of morpholine rings is 1. The minimum atomic E-state index is -0.961. The number of rotatable bonds is 8. The van der Waals surface area contributed by atoms with E-state index >= 15 is 0 Å². The second-order valence-corrected chi connectivity index (χ2v) is 9.64. The molecule has 0 saturated carbocycles. The number of nitrogens with zero attached hydrogens (tertiary/aromatic N) is 5. The summed E-state index contributed by atoms with van der Waals surface area (Å²) in [5.74, 6) is -1.29. The molecule has 0 atom stereocenters. The molecule has 0 aliphatic carbocycles. The molecule has 1 amide bonds. The summed E-state index contributed by atoms with van der Waals surface area (Å²) in [6.07, 6.45) is 5.52. The van der Waals surface area contributed by atoms with Crippen LogP contribution in [-0.4, -0.2) is 69.4 Å². The number of hydrogen-bond acceptors (Lipinski definition) is 7. The van der Waals surface area contributed by atoms with E-state index < -0.39 is 5.97 Å². The maximum absolute atomic E-state index is 12.5. The number of para-hydroxylation sites is 1. The number of aromatic nitrogens is 4. The monoisotopic (exact) mass is 548 g/mol. The summed E-state index contributed by atoms with van der Waals surface area (Å²) in [7, 11) is 0. The molecule has 41 heavy (non-hydrogen) atoms. The van der Waals surface area contributed by atoms with Crippen molar-refractivity contribution in [1.29, 1.82) is 0 Å². The van der Waals surface area contributed by atoms with Crippen LogP contribution < -0.4 is 10.2 Å². The Morgan fingerprint density at radius 1 is 0.951 bits per heavy atom. The number of benzene rings is 2. The molecule has 0 spiro atoms. The smallest absolute Gasteiger partial charge is 0.305 e. The molecule has 0 unspecified atom stereocenters. The van der Waals surface area contributed by atoms with Crippen molar-refractivity contribution >= 4 is 46.3 Å². The number of fused-ring (bicyclic) bond motifs is 2. The maximum Gasteiger partial charge on any atom is 0.305 e. The van der Waals surface area contributed by atoms with E-state index in [-0.39, 0.29) is 18.9 Å². The van der Waals surface area contributed by atoms with Gasteiger partial charge in [-0.15, -0.1) is 0 Å². The van der Waals surface area contributed by atoms with Gasteiger partial charge in [0.1, 0.15) is 5.69 Å². The molecule has 4 heterocycles. The van der Waals surface area contributed by atoms with Gasteiger partial charge in [0.2, 0.25) is 0 Å². The third kappa shape index (κ3) is 5.64. The van der Waals surface area contributed by atoms with Crippen molar-refractivity contribution < 1.29 is 19.4 Å². The molecular formula is C31H28N6O4. The lowest BCUT2D eigenvalue weighted by Gasteiger charge is -2.28. The molecule has 3 aromatic heterocycles. The third-order valence-corrected chi connectivity index (χ3v) is 6.95. The Morgan fingerprint density at radius 2 is 1.76 bits per heavy atom. The van der Waals surface area contributed by atoms with E-state index in [0.29, 0.717) is 24.5 Å². The minimum absolute atomic E-state index is 0.0646. The van der Waals surface area contributed by atoms with Gasteiger partial charge in [-0.1, -0.05) is 36.4 Å². The number of aliphatic carboxylic acids is 1. The Labute approximate surface area is 235 Å². The fraction of sp³-hybridized carbons (Fsp3) is 0.194. The first-order valence-electron chi connectivity index (χ1n) is 13.4. The average molecular weight is 549 g/mol. The first kappa shape index (κ1) is 26.1. The van der Waals surface area contributed by atoms with E-state index in [9.17, 15) is 9.59 Å². The molecule has 6 rings (SSSR count). The minimum Gasteiger partial charge on any atom is -0.481 e. The van der Waals surface area contributed by atoms with Crippen LogP contribution in [-0.2, 0) is 9.53 Å². The summed E-state index contributed by atoms with van der Waals surface area (Å²) in [6.45, 7) is 2.89. The molecule has 2 N–H and O–H groups in total. The van der Waals surface area contributed by atoms with Crippen LogP contribution in [0.25, 0.3) is 40.0 Å². The Hall–Kier alpha value is -5.09. The SMILES string of the molecule is O=C(O)CCNC(=O)c1ccc(-c2c(/C=C/c3ccc4ccccc4n3)nc3c(N4CCOCC4)ccnn23)cc1. The van der Waals surface area contributed by atoms with Crippen LogP contribution in [0.2, 0.25) is 0 Å². The lowest BCUT2D eigenvalue weighted by atomic mass is 10.1. The summed E-state index contributed by atoms with van der Waals surface area (Å²) in [6, 6.07) is 21.1. The number of ether oxygens (including phenoxy) is 1.